The van der Waals surface area contributed by atoms with Crippen LogP contribution in [0, 0.1) is 11.3 Å². The molecule has 0 saturated carbocycles. The number of nitrogens with zero attached hydrogens (tertiary/aromatic N) is 2. The summed E-state index contributed by atoms with van der Waals surface area (Å²) in [6.07, 6.45) is 1.76. The van der Waals surface area contributed by atoms with Crippen molar-refractivity contribution in [2.45, 2.75) is 6.92 Å². The van der Waals surface area contributed by atoms with Crippen molar-refractivity contribution in [1.29, 1.82) is 5.26 Å². The number of anilines is 1. The fraction of sp³-hybridized carbons (Fsp3) is 0.0741. The number of aromatic nitrogens is 1. The van der Waals surface area contributed by atoms with Gasteiger partial charge < -0.3 is 10.1 Å². The third-order valence-corrected chi connectivity index (χ3v) is 6.00. The highest BCUT2D eigenvalue weighted by molar-refractivity contribution is 7.07. The lowest BCUT2D eigenvalue weighted by atomic mass is 10.2. The van der Waals surface area contributed by atoms with E-state index < -0.39 is 5.91 Å². The molecule has 0 aliphatic carbocycles. The van der Waals surface area contributed by atoms with Crippen molar-refractivity contribution in [1.82, 2.24) is 4.57 Å². The Labute approximate surface area is 200 Å². The number of hydrogen-bond donors (Lipinski definition) is 1. The summed E-state index contributed by atoms with van der Waals surface area (Å²) in [6.45, 7) is 2.43. The Balaban J connectivity index is 1.86. The van der Waals surface area contributed by atoms with E-state index in [4.69, 9.17) is 4.74 Å². The number of para-hydroxylation sites is 1. The highest BCUT2D eigenvalue weighted by Crippen LogP contribution is 2.16. The van der Waals surface area contributed by atoms with E-state index in [9.17, 15) is 14.9 Å². The topological polar surface area (TPSA) is 84.1 Å². The zero-order valence-corrected chi connectivity index (χ0v) is 19.2. The molecule has 0 bridgehead atoms. The molecule has 3 aromatic carbocycles. The smallest absolute Gasteiger partial charge is 0.273 e. The van der Waals surface area contributed by atoms with Crippen LogP contribution in [0.2, 0.25) is 0 Å². The zero-order valence-electron chi connectivity index (χ0n) is 18.4. The van der Waals surface area contributed by atoms with Gasteiger partial charge in [-0.25, -0.2) is 0 Å². The standard InChI is InChI=1S/C27H21N3O3S/c1-2-33-22-15-13-20(14-16-22)29-25(31)23(18-28)27-30(21-11-7-4-8-12-21)26(32)24(34-27)17-19-9-5-3-6-10-19/h3-17H,2H2,1H3,(H,29,31)/b24-17+,27-23+. The number of carbonyl (C=O) groups is 1. The number of carbonyl (C=O) groups excluding carboxylic acids is 1. The van der Waals surface area contributed by atoms with Crippen molar-refractivity contribution in [3.63, 3.8) is 0 Å². The molecular formula is C27H21N3O3S. The monoisotopic (exact) mass is 467 g/mol. The first kappa shape index (κ1) is 22.8. The normalized spacial score (nSPS) is 12.1. The summed E-state index contributed by atoms with van der Waals surface area (Å²) < 4.78 is 7.53. The molecule has 0 saturated heterocycles. The molecule has 4 rings (SSSR count). The predicted octanol–water partition coefficient (Wildman–Crippen LogP) is 3.44. The maximum atomic E-state index is 13.4. The number of thiazole rings is 1. The highest BCUT2D eigenvalue weighted by Gasteiger charge is 2.17. The number of nitrogens with one attached hydrogen (secondary N) is 1. The van der Waals surface area contributed by atoms with E-state index in [2.05, 4.69) is 5.32 Å². The average Bonchev–Trinajstić information content (AvgIpc) is 3.17. The molecule has 0 radical (unpaired) electrons. The van der Waals surface area contributed by atoms with Gasteiger partial charge in [0.05, 0.1) is 16.8 Å². The van der Waals surface area contributed by atoms with Gasteiger partial charge in [-0.15, -0.1) is 11.3 Å². The molecule has 0 unspecified atom stereocenters. The predicted molar refractivity (Wildman–Crippen MR) is 134 cm³/mol. The molecule has 1 heterocycles. The lowest BCUT2D eigenvalue weighted by molar-refractivity contribution is -0.111. The van der Waals surface area contributed by atoms with Gasteiger partial charge in [-0.3, -0.25) is 14.2 Å². The fourth-order valence-corrected chi connectivity index (χ4v) is 4.45. The molecule has 34 heavy (non-hydrogen) atoms. The van der Waals surface area contributed by atoms with Gasteiger partial charge in [0.25, 0.3) is 11.5 Å². The third kappa shape index (κ3) is 4.98. The van der Waals surface area contributed by atoms with Crippen LogP contribution in [0.5, 0.6) is 5.75 Å². The molecular weight excluding hydrogens is 446 g/mol. The van der Waals surface area contributed by atoms with Gasteiger partial charge in [0.15, 0.2) is 5.57 Å². The van der Waals surface area contributed by atoms with Crippen LogP contribution < -0.4 is 24.8 Å². The maximum absolute atomic E-state index is 13.4. The molecule has 0 atom stereocenters. The van der Waals surface area contributed by atoms with Gasteiger partial charge in [-0.2, -0.15) is 5.26 Å². The van der Waals surface area contributed by atoms with Gasteiger partial charge in [0.1, 0.15) is 16.5 Å². The van der Waals surface area contributed by atoms with Crippen LogP contribution in [0.15, 0.2) is 89.7 Å². The van der Waals surface area contributed by atoms with E-state index in [-0.39, 0.29) is 15.8 Å². The minimum absolute atomic E-state index is 0.146. The van der Waals surface area contributed by atoms with Crippen molar-refractivity contribution < 1.29 is 9.53 Å². The number of nitriles is 1. The SMILES string of the molecule is CCOc1ccc(NC(=O)/C(C#N)=c2/s/c(=C/c3ccccc3)c(=O)n2-c2ccccc2)cc1. The second-order valence-corrected chi connectivity index (χ2v) is 8.23. The van der Waals surface area contributed by atoms with E-state index in [0.29, 0.717) is 28.3 Å². The van der Waals surface area contributed by atoms with Crippen molar-refractivity contribution in [3.05, 3.63) is 110 Å². The number of rotatable bonds is 6. The molecule has 168 valence electrons. The van der Waals surface area contributed by atoms with Crippen LogP contribution in [0.4, 0.5) is 5.69 Å². The average molecular weight is 468 g/mol. The molecule has 0 aliphatic rings. The van der Waals surface area contributed by atoms with E-state index in [1.807, 2.05) is 49.4 Å². The van der Waals surface area contributed by atoms with Gasteiger partial charge in [-0.05, 0) is 55.0 Å². The van der Waals surface area contributed by atoms with Crippen LogP contribution in [0.25, 0.3) is 17.3 Å². The van der Waals surface area contributed by atoms with Gasteiger partial charge in [0, 0.05) is 5.69 Å². The largest absolute Gasteiger partial charge is 0.494 e. The molecule has 0 spiro atoms. The Morgan fingerprint density at radius 1 is 1.03 bits per heavy atom. The molecule has 6 nitrogen and oxygen atoms in total. The first-order chi connectivity index (χ1) is 16.6. The van der Waals surface area contributed by atoms with Gasteiger partial charge in [-0.1, -0.05) is 48.5 Å². The second-order valence-electron chi connectivity index (χ2n) is 7.20. The summed E-state index contributed by atoms with van der Waals surface area (Å²) in [5.41, 5.74) is 1.50. The molecule has 7 heteroatoms. The minimum atomic E-state index is -0.594. The zero-order chi connectivity index (χ0) is 23.9. The summed E-state index contributed by atoms with van der Waals surface area (Å²) in [7, 11) is 0. The second kappa shape index (κ2) is 10.5. The quantitative estimate of drug-likeness (QED) is 0.471. The Morgan fingerprint density at radius 3 is 2.29 bits per heavy atom. The summed E-state index contributed by atoms with van der Waals surface area (Å²) >= 11 is 1.11. The summed E-state index contributed by atoms with van der Waals surface area (Å²) in [5, 5.41) is 12.7. The van der Waals surface area contributed by atoms with Crippen molar-refractivity contribution in [2.75, 3.05) is 11.9 Å². The molecule has 1 aromatic heterocycles. The molecule has 0 aliphatic heterocycles. The van der Waals surface area contributed by atoms with E-state index in [1.54, 1.807) is 54.6 Å². The molecule has 1 amide bonds. The van der Waals surface area contributed by atoms with Gasteiger partial charge in [0.2, 0.25) is 0 Å². The number of hydrogen-bond acceptors (Lipinski definition) is 5. The fourth-order valence-electron chi connectivity index (χ4n) is 3.35. The highest BCUT2D eigenvalue weighted by atomic mass is 32.1. The number of ether oxygens (including phenoxy) is 1. The molecule has 4 aromatic rings. The summed E-state index contributed by atoms with van der Waals surface area (Å²) in [5.74, 6) is 0.0890. The number of benzene rings is 3. The summed E-state index contributed by atoms with van der Waals surface area (Å²) in [4.78, 5) is 26.5. The Morgan fingerprint density at radius 2 is 1.68 bits per heavy atom. The Bertz CT molecular complexity index is 1510. The van der Waals surface area contributed by atoms with Crippen molar-refractivity contribution in [2.24, 2.45) is 0 Å². The van der Waals surface area contributed by atoms with Crippen molar-refractivity contribution in [3.8, 4) is 17.5 Å². The molecule has 1 N–H and O–H groups in total. The minimum Gasteiger partial charge on any atom is -0.494 e. The lowest BCUT2D eigenvalue weighted by Crippen LogP contribution is -2.32. The number of amides is 1. The first-order valence-corrected chi connectivity index (χ1v) is 11.4. The Kier molecular flexibility index (Phi) is 7.01. The van der Waals surface area contributed by atoms with Crippen molar-refractivity contribution >= 4 is 34.6 Å². The maximum Gasteiger partial charge on any atom is 0.273 e. The lowest BCUT2D eigenvalue weighted by Gasteiger charge is -2.07. The van der Waals surface area contributed by atoms with Gasteiger partial charge >= 0.3 is 0 Å². The first-order valence-electron chi connectivity index (χ1n) is 10.6. The van der Waals surface area contributed by atoms with Crippen LogP contribution in [0.1, 0.15) is 12.5 Å². The van der Waals surface area contributed by atoms with E-state index in [1.165, 1.54) is 4.57 Å². The van der Waals surface area contributed by atoms with E-state index >= 15 is 0 Å². The Hall–Kier alpha value is -4.41. The third-order valence-electron chi connectivity index (χ3n) is 4.91. The molecule has 0 fully saturated rings. The van der Waals surface area contributed by atoms with Crippen LogP contribution in [-0.2, 0) is 4.79 Å². The van der Waals surface area contributed by atoms with Crippen LogP contribution in [-0.4, -0.2) is 17.1 Å². The van der Waals surface area contributed by atoms with Crippen LogP contribution >= 0.6 is 11.3 Å². The van der Waals surface area contributed by atoms with Crippen LogP contribution in [0.3, 0.4) is 0 Å². The summed E-state index contributed by atoms with van der Waals surface area (Å²) in [6, 6.07) is 27.3. The van der Waals surface area contributed by atoms with E-state index in [0.717, 1.165) is 16.9 Å².